The highest BCUT2D eigenvalue weighted by Gasteiger charge is 2.43. The number of rotatable bonds is 3. The third kappa shape index (κ3) is 2.49. The quantitative estimate of drug-likeness (QED) is 0.922. The first-order chi connectivity index (χ1) is 9.73. The van der Waals surface area contributed by atoms with Gasteiger partial charge in [0, 0.05) is 25.2 Å². The van der Waals surface area contributed by atoms with E-state index in [2.05, 4.69) is 9.88 Å². The summed E-state index contributed by atoms with van der Waals surface area (Å²) in [6.07, 6.45) is 7.16. The minimum Gasteiger partial charge on any atom is -0.490 e. The van der Waals surface area contributed by atoms with Crippen LogP contribution in [0.5, 0.6) is 5.75 Å². The van der Waals surface area contributed by atoms with Crippen molar-refractivity contribution >= 4 is 5.82 Å². The normalized spacial score (nSPS) is 29.9. The fourth-order valence-electron chi connectivity index (χ4n) is 3.65. The van der Waals surface area contributed by atoms with Crippen LogP contribution in [0.15, 0.2) is 18.3 Å². The molecule has 1 aliphatic carbocycles. The van der Waals surface area contributed by atoms with Crippen LogP contribution in [0, 0.1) is 5.92 Å². The van der Waals surface area contributed by atoms with Gasteiger partial charge in [-0.2, -0.15) is 0 Å². The zero-order valence-corrected chi connectivity index (χ0v) is 12.2. The van der Waals surface area contributed by atoms with Crippen LogP contribution < -0.4 is 9.64 Å². The Labute approximate surface area is 120 Å². The van der Waals surface area contributed by atoms with Crippen molar-refractivity contribution in [1.82, 2.24) is 4.98 Å². The molecule has 2 unspecified atom stereocenters. The molecule has 0 spiro atoms. The molecule has 1 N–H and O–H groups in total. The summed E-state index contributed by atoms with van der Waals surface area (Å²) < 4.78 is 5.68. The second-order valence-electron chi connectivity index (χ2n) is 6.00. The number of aliphatic hydroxyl groups is 1. The molecule has 1 aromatic rings. The summed E-state index contributed by atoms with van der Waals surface area (Å²) in [6.45, 7) is 4.41. The van der Waals surface area contributed by atoms with Gasteiger partial charge < -0.3 is 14.7 Å². The average molecular weight is 276 g/mol. The molecular formula is C16H24N2O2. The van der Waals surface area contributed by atoms with E-state index in [1.54, 1.807) is 0 Å². The number of ether oxygens (including phenoxy) is 1. The summed E-state index contributed by atoms with van der Waals surface area (Å²) >= 11 is 0. The molecule has 0 aromatic carbocycles. The highest BCUT2D eigenvalue weighted by molar-refractivity contribution is 5.52. The maximum atomic E-state index is 10.8. The molecule has 1 aromatic heterocycles. The van der Waals surface area contributed by atoms with Crippen molar-refractivity contribution in [3.8, 4) is 5.75 Å². The third-order valence-corrected chi connectivity index (χ3v) is 4.78. The molecule has 20 heavy (non-hydrogen) atoms. The van der Waals surface area contributed by atoms with Crippen molar-refractivity contribution in [3.05, 3.63) is 18.3 Å². The Morgan fingerprint density at radius 2 is 2.35 bits per heavy atom. The van der Waals surface area contributed by atoms with E-state index >= 15 is 0 Å². The van der Waals surface area contributed by atoms with E-state index in [-0.39, 0.29) is 0 Å². The molecular weight excluding hydrogens is 252 g/mol. The van der Waals surface area contributed by atoms with Gasteiger partial charge in [-0.05, 0) is 38.3 Å². The van der Waals surface area contributed by atoms with Crippen LogP contribution in [0.25, 0.3) is 0 Å². The van der Waals surface area contributed by atoms with Gasteiger partial charge in [-0.3, -0.25) is 0 Å². The Bertz CT molecular complexity index is 466. The maximum Gasteiger partial charge on any atom is 0.171 e. The second kappa shape index (κ2) is 5.60. The van der Waals surface area contributed by atoms with Gasteiger partial charge in [-0.25, -0.2) is 4.98 Å². The molecule has 0 amide bonds. The molecule has 3 rings (SSSR count). The number of pyridine rings is 1. The number of hydrogen-bond acceptors (Lipinski definition) is 4. The molecule has 0 radical (unpaired) electrons. The fraction of sp³-hybridized carbons (Fsp3) is 0.688. The first-order valence-corrected chi connectivity index (χ1v) is 7.78. The van der Waals surface area contributed by atoms with Crippen molar-refractivity contribution in [2.24, 2.45) is 5.92 Å². The molecule has 1 saturated carbocycles. The van der Waals surface area contributed by atoms with Crippen LogP contribution in [0.4, 0.5) is 5.82 Å². The molecule has 2 aliphatic rings. The van der Waals surface area contributed by atoms with Gasteiger partial charge in [0.15, 0.2) is 11.6 Å². The largest absolute Gasteiger partial charge is 0.490 e. The summed E-state index contributed by atoms with van der Waals surface area (Å²) in [5, 5.41) is 10.8. The molecule has 2 heterocycles. The van der Waals surface area contributed by atoms with E-state index in [1.807, 2.05) is 25.3 Å². The van der Waals surface area contributed by atoms with Crippen LogP contribution in [-0.4, -0.2) is 35.4 Å². The van der Waals surface area contributed by atoms with Crippen LogP contribution in [0.3, 0.4) is 0 Å². The predicted molar refractivity (Wildman–Crippen MR) is 79.1 cm³/mol. The lowest BCUT2D eigenvalue weighted by Crippen LogP contribution is -2.53. The Morgan fingerprint density at radius 1 is 1.45 bits per heavy atom. The number of nitrogens with zero attached hydrogens (tertiary/aromatic N) is 2. The van der Waals surface area contributed by atoms with E-state index in [0.29, 0.717) is 12.5 Å². The van der Waals surface area contributed by atoms with Crippen LogP contribution in [-0.2, 0) is 0 Å². The van der Waals surface area contributed by atoms with Gasteiger partial charge >= 0.3 is 0 Å². The van der Waals surface area contributed by atoms with Gasteiger partial charge in [0.25, 0.3) is 0 Å². The lowest BCUT2D eigenvalue weighted by Gasteiger charge is -2.47. The minimum atomic E-state index is -0.435. The number of aromatic nitrogens is 1. The first kappa shape index (κ1) is 13.7. The van der Waals surface area contributed by atoms with Gasteiger partial charge in [-0.1, -0.05) is 12.8 Å². The molecule has 2 fully saturated rings. The van der Waals surface area contributed by atoms with E-state index in [1.165, 1.54) is 12.8 Å². The minimum absolute atomic E-state index is 0.376. The monoisotopic (exact) mass is 276 g/mol. The number of hydrogen-bond donors (Lipinski definition) is 1. The Hall–Kier alpha value is -1.29. The second-order valence-corrected chi connectivity index (χ2v) is 6.00. The van der Waals surface area contributed by atoms with E-state index in [0.717, 1.165) is 43.9 Å². The van der Waals surface area contributed by atoms with Crippen LogP contribution in [0.2, 0.25) is 0 Å². The molecule has 1 aliphatic heterocycles. The van der Waals surface area contributed by atoms with Gasteiger partial charge in [-0.15, -0.1) is 0 Å². The molecule has 0 bridgehead atoms. The SMILES string of the molecule is CCOc1cccnc1N1CCC2(O)CCCCC2C1. The summed E-state index contributed by atoms with van der Waals surface area (Å²) in [4.78, 5) is 6.79. The Morgan fingerprint density at radius 3 is 3.20 bits per heavy atom. The highest BCUT2D eigenvalue weighted by Crippen LogP contribution is 2.41. The molecule has 1 saturated heterocycles. The predicted octanol–water partition coefficient (Wildman–Crippen LogP) is 2.61. The van der Waals surface area contributed by atoms with Crippen LogP contribution in [0.1, 0.15) is 39.0 Å². The molecule has 4 heteroatoms. The first-order valence-electron chi connectivity index (χ1n) is 7.78. The van der Waals surface area contributed by atoms with E-state index < -0.39 is 5.60 Å². The van der Waals surface area contributed by atoms with Crippen molar-refractivity contribution in [2.75, 3.05) is 24.6 Å². The van der Waals surface area contributed by atoms with Crippen molar-refractivity contribution in [1.29, 1.82) is 0 Å². The average Bonchev–Trinajstić information content (AvgIpc) is 2.47. The zero-order valence-electron chi connectivity index (χ0n) is 12.2. The summed E-state index contributed by atoms with van der Waals surface area (Å²) in [7, 11) is 0. The Kier molecular flexibility index (Phi) is 3.83. The maximum absolute atomic E-state index is 10.8. The summed E-state index contributed by atoms with van der Waals surface area (Å²) in [5.74, 6) is 2.17. The van der Waals surface area contributed by atoms with Crippen molar-refractivity contribution in [2.45, 2.75) is 44.6 Å². The number of anilines is 1. The summed E-state index contributed by atoms with van der Waals surface area (Å²) in [5.41, 5.74) is -0.435. The fourth-order valence-corrected chi connectivity index (χ4v) is 3.65. The molecule has 2 atom stereocenters. The van der Waals surface area contributed by atoms with E-state index in [4.69, 9.17) is 4.74 Å². The van der Waals surface area contributed by atoms with Crippen molar-refractivity contribution < 1.29 is 9.84 Å². The smallest absolute Gasteiger partial charge is 0.171 e. The van der Waals surface area contributed by atoms with Gasteiger partial charge in [0.05, 0.1) is 12.2 Å². The number of piperidine rings is 1. The summed E-state index contributed by atoms with van der Waals surface area (Å²) in [6, 6.07) is 3.89. The zero-order chi connectivity index (χ0) is 14.0. The van der Waals surface area contributed by atoms with Gasteiger partial charge in [0.2, 0.25) is 0 Å². The lowest BCUT2D eigenvalue weighted by atomic mass is 9.71. The van der Waals surface area contributed by atoms with Gasteiger partial charge in [0.1, 0.15) is 0 Å². The molecule has 4 nitrogen and oxygen atoms in total. The highest BCUT2D eigenvalue weighted by atomic mass is 16.5. The Balaban J connectivity index is 1.79. The van der Waals surface area contributed by atoms with E-state index in [9.17, 15) is 5.11 Å². The third-order valence-electron chi connectivity index (χ3n) is 4.78. The lowest BCUT2D eigenvalue weighted by molar-refractivity contribution is -0.0614. The number of fused-ring (bicyclic) bond motifs is 1. The van der Waals surface area contributed by atoms with Crippen LogP contribution >= 0.6 is 0 Å². The topological polar surface area (TPSA) is 45.6 Å². The standard InChI is InChI=1S/C16H24N2O2/c1-2-20-14-7-5-10-17-15(14)18-11-9-16(19)8-4-3-6-13(16)12-18/h5,7,10,13,19H,2-4,6,8-9,11-12H2,1H3. The van der Waals surface area contributed by atoms with Crippen molar-refractivity contribution in [3.63, 3.8) is 0 Å². The molecule has 110 valence electrons.